The van der Waals surface area contributed by atoms with Crippen LogP contribution in [0.5, 0.6) is 5.75 Å². The summed E-state index contributed by atoms with van der Waals surface area (Å²) in [5.74, 6) is 0.926. The topological polar surface area (TPSA) is 9.23 Å². The fourth-order valence-electron chi connectivity index (χ4n) is 0.742. The number of ether oxygens (including phenoxy) is 1. The van der Waals surface area contributed by atoms with Crippen LogP contribution < -0.4 is 4.74 Å². The van der Waals surface area contributed by atoms with Gasteiger partial charge in [-0.05, 0) is 38.5 Å². The Morgan fingerprint density at radius 3 is 2.08 bits per heavy atom. The van der Waals surface area contributed by atoms with Crippen LogP contribution in [0, 0.1) is 6.92 Å². The summed E-state index contributed by atoms with van der Waals surface area (Å²) in [5, 5.41) is 0. The van der Waals surface area contributed by atoms with Gasteiger partial charge >= 0.3 is 0 Å². The molecule has 0 bridgehead atoms. The van der Waals surface area contributed by atoms with Crippen LogP contribution in [0.25, 0.3) is 0 Å². The van der Waals surface area contributed by atoms with E-state index < -0.39 is 0 Å². The molecule has 0 aliphatic heterocycles. The third kappa shape index (κ3) is 5.97. The van der Waals surface area contributed by atoms with Gasteiger partial charge < -0.3 is 4.74 Å². The normalized spacial score (nSPS) is 9.23. The Morgan fingerprint density at radius 2 is 1.77 bits per heavy atom. The number of allylic oxidation sites excluding steroid dienone is 2. The van der Waals surface area contributed by atoms with Crippen LogP contribution in [0.2, 0.25) is 0 Å². The van der Waals surface area contributed by atoms with Crippen molar-refractivity contribution in [2.24, 2.45) is 0 Å². The van der Waals surface area contributed by atoms with Gasteiger partial charge in [-0.3, -0.25) is 0 Å². The molecule has 0 spiro atoms. The van der Waals surface area contributed by atoms with E-state index in [1.165, 1.54) is 5.56 Å². The van der Waals surface area contributed by atoms with Gasteiger partial charge in [0, 0.05) is 0 Å². The first-order chi connectivity index (χ1) is 6.24. The van der Waals surface area contributed by atoms with Gasteiger partial charge in [0.05, 0.1) is 7.11 Å². The van der Waals surface area contributed by atoms with Crippen LogP contribution in [-0.4, -0.2) is 7.11 Å². The molecule has 72 valence electrons. The lowest BCUT2D eigenvalue weighted by atomic mass is 10.2. The van der Waals surface area contributed by atoms with Gasteiger partial charge in [0.25, 0.3) is 0 Å². The number of hydrogen-bond acceptors (Lipinski definition) is 1. The molecule has 0 heterocycles. The average Bonchev–Trinajstić information content (AvgIpc) is 2.18. The van der Waals surface area contributed by atoms with Gasteiger partial charge in [0.1, 0.15) is 5.75 Å². The Bertz CT molecular complexity index is 247. The highest BCUT2D eigenvalue weighted by molar-refractivity contribution is 5.27. The molecular formula is C12H18O. The lowest BCUT2D eigenvalue weighted by Gasteiger charge is -1.97. The second-order valence-corrected chi connectivity index (χ2v) is 2.69. The molecule has 0 aliphatic carbocycles. The Morgan fingerprint density at radius 1 is 1.15 bits per heavy atom. The molecule has 0 N–H and O–H groups in total. The van der Waals surface area contributed by atoms with E-state index in [0.29, 0.717) is 0 Å². The third-order valence-corrected chi connectivity index (χ3v) is 1.56. The van der Waals surface area contributed by atoms with E-state index in [1.807, 2.05) is 57.2 Å². The van der Waals surface area contributed by atoms with Gasteiger partial charge in [-0.2, -0.15) is 0 Å². The summed E-state index contributed by atoms with van der Waals surface area (Å²) >= 11 is 0. The van der Waals surface area contributed by atoms with Gasteiger partial charge in [0.2, 0.25) is 0 Å². The molecule has 0 aliphatic rings. The molecule has 0 atom stereocenters. The maximum Gasteiger partial charge on any atom is 0.119 e. The SMILES string of the molecule is C/C=C\C.COc1cccc(C)c1. The minimum absolute atomic E-state index is 0.926. The maximum atomic E-state index is 5.00. The van der Waals surface area contributed by atoms with Crippen molar-refractivity contribution in [2.45, 2.75) is 20.8 Å². The molecular weight excluding hydrogens is 160 g/mol. The monoisotopic (exact) mass is 178 g/mol. The van der Waals surface area contributed by atoms with Crippen molar-refractivity contribution in [2.75, 3.05) is 7.11 Å². The van der Waals surface area contributed by atoms with E-state index in [2.05, 4.69) is 0 Å². The van der Waals surface area contributed by atoms with Gasteiger partial charge in [-0.15, -0.1) is 0 Å². The van der Waals surface area contributed by atoms with E-state index in [1.54, 1.807) is 7.11 Å². The first-order valence-corrected chi connectivity index (χ1v) is 4.42. The number of rotatable bonds is 1. The molecule has 0 fully saturated rings. The fraction of sp³-hybridized carbons (Fsp3) is 0.333. The second-order valence-electron chi connectivity index (χ2n) is 2.69. The third-order valence-electron chi connectivity index (χ3n) is 1.56. The van der Waals surface area contributed by atoms with Gasteiger partial charge in [-0.25, -0.2) is 0 Å². The summed E-state index contributed by atoms with van der Waals surface area (Å²) in [7, 11) is 1.68. The smallest absolute Gasteiger partial charge is 0.119 e. The zero-order chi connectivity index (χ0) is 10.1. The molecule has 0 radical (unpaired) electrons. The van der Waals surface area contributed by atoms with E-state index in [0.717, 1.165) is 5.75 Å². The van der Waals surface area contributed by atoms with Gasteiger partial charge in [-0.1, -0.05) is 24.3 Å². The lowest BCUT2D eigenvalue weighted by Crippen LogP contribution is -1.81. The molecule has 0 aromatic heterocycles. The molecule has 1 rings (SSSR count). The van der Waals surface area contributed by atoms with Crippen molar-refractivity contribution in [3.05, 3.63) is 42.0 Å². The zero-order valence-corrected chi connectivity index (χ0v) is 8.87. The van der Waals surface area contributed by atoms with Crippen molar-refractivity contribution in [3.8, 4) is 5.75 Å². The highest BCUT2D eigenvalue weighted by atomic mass is 16.5. The summed E-state index contributed by atoms with van der Waals surface area (Å²) in [6.45, 7) is 6.04. The van der Waals surface area contributed by atoms with Crippen molar-refractivity contribution in [1.82, 2.24) is 0 Å². The minimum atomic E-state index is 0.926. The highest BCUT2D eigenvalue weighted by Crippen LogP contribution is 2.10. The van der Waals surface area contributed by atoms with Crippen molar-refractivity contribution >= 4 is 0 Å². The van der Waals surface area contributed by atoms with Crippen molar-refractivity contribution in [3.63, 3.8) is 0 Å². The summed E-state index contributed by atoms with van der Waals surface area (Å²) in [4.78, 5) is 0. The average molecular weight is 178 g/mol. The van der Waals surface area contributed by atoms with E-state index in [4.69, 9.17) is 4.74 Å². The van der Waals surface area contributed by atoms with Gasteiger partial charge in [0.15, 0.2) is 0 Å². The Kier molecular flexibility index (Phi) is 6.70. The van der Waals surface area contributed by atoms with E-state index >= 15 is 0 Å². The summed E-state index contributed by atoms with van der Waals surface area (Å²) in [6, 6.07) is 7.96. The predicted molar refractivity (Wildman–Crippen MR) is 58.2 cm³/mol. The summed E-state index contributed by atoms with van der Waals surface area (Å²) < 4.78 is 5.00. The second kappa shape index (κ2) is 7.41. The van der Waals surface area contributed by atoms with E-state index in [9.17, 15) is 0 Å². The quantitative estimate of drug-likeness (QED) is 0.597. The molecule has 13 heavy (non-hydrogen) atoms. The molecule has 1 aromatic rings. The van der Waals surface area contributed by atoms with E-state index in [-0.39, 0.29) is 0 Å². The number of benzene rings is 1. The Hall–Kier alpha value is -1.24. The van der Waals surface area contributed by atoms with Crippen LogP contribution >= 0.6 is 0 Å². The van der Waals surface area contributed by atoms with Crippen LogP contribution in [0.15, 0.2) is 36.4 Å². The summed E-state index contributed by atoms with van der Waals surface area (Å²) in [5.41, 5.74) is 1.23. The van der Waals surface area contributed by atoms with Crippen LogP contribution in [0.4, 0.5) is 0 Å². The number of hydrogen-bond donors (Lipinski definition) is 0. The van der Waals surface area contributed by atoms with Crippen LogP contribution in [-0.2, 0) is 0 Å². The molecule has 1 aromatic carbocycles. The lowest BCUT2D eigenvalue weighted by molar-refractivity contribution is 0.414. The first kappa shape index (κ1) is 11.8. The Labute approximate surface area is 81.1 Å². The number of methoxy groups -OCH3 is 1. The molecule has 0 saturated heterocycles. The maximum absolute atomic E-state index is 5.00. The van der Waals surface area contributed by atoms with Crippen LogP contribution in [0.3, 0.4) is 0 Å². The summed E-state index contributed by atoms with van der Waals surface area (Å²) in [6.07, 6.45) is 4.00. The Balaban J connectivity index is 0.000000310. The zero-order valence-electron chi connectivity index (χ0n) is 8.87. The fourth-order valence-corrected chi connectivity index (χ4v) is 0.742. The van der Waals surface area contributed by atoms with Crippen LogP contribution in [0.1, 0.15) is 19.4 Å². The standard InChI is InChI=1S/C8H10O.C4H8/c1-7-4-3-5-8(6-7)9-2;1-3-4-2/h3-6H,1-2H3;3-4H,1-2H3/b;4-3-. The first-order valence-electron chi connectivity index (χ1n) is 4.42. The highest BCUT2D eigenvalue weighted by Gasteiger charge is 1.86. The minimum Gasteiger partial charge on any atom is -0.497 e. The molecule has 0 unspecified atom stereocenters. The molecule has 0 saturated carbocycles. The predicted octanol–water partition coefficient (Wildman–Crippen LogP) is 3.59. The largest absolute Gasteiger partial charge is 0.497 e. The van der Waals surface area contributed by atoms with Crippen molar-refractivity contribution < 1.29 is 4.74 Å². The van der Waals surface area contributed by atoms with Crippen molar-refractivity contribution in [1.29, 1.82) is 0 Å². The number of aryl methyl sites for hydroxylation is 1. The molecule has 1 nitrogen and oxygen atoms in total. The molecule has 0 amide bonds. The molecule has 1 heteroatoms.